The van der Waals surface area contributed by atoms with Crippen LogP contribution in [0, 0.1) is 5.92 Å². The molecule has 332 valence electrons. The van der Waals surface area contributed by atoms with E-state index in [1.165, 1.54) is 25.7 Å². The number of hydrogen-bond donors (Lipinski definition) is 11. The molecule has 3 aliphatic heterocycles. The highest BCUT2D eigenvalue weighted by atomic mass is 16.8. The van der Waals surface area contributed by atoms with Crippen LogP contribution in [-0.4, -0.2) is 155 Å². The number of hydrogen-bond acceptors (Lipinski definition) is 16. The molecule has 1 aromatic rings. The number of carbonyl (C=O) groups is 2. The highest BCUT2D eigenvalue weighted by molar-refractivity contribution is 5.76. The highest BCUT2D eigenvalue weighted by Gasteiger charge is 2.53. The lowest BCUT2D eigenvalue weighted by Gasteiger charge is -2.47. The lowest BCUT2D eigenvalue weighted by atomic mass is 9.91. The quantitative estimate of drug-likeness (QED) is 0.0583. The Bertz CT molecular complexity index is 1550. The van der Waals surface area contributed by atoms with Crippen molar-refractivity contribution in [1.29, 1.82) is 0 Å². The van der Waals surface area contributed by atoms with Crippen LogP contribution >= 0.6 is 0 Å². The number of nitrogens with zero attached hydrogens (tertiary/aromatic N) is 1. The molecule has 3 saturated heterocycles. The average molecular weight is 833 g/mol. The first-order valence-electron chi connectivity index (χ1n) is 20.4. The Labute approximate surface area is 336 Å². The van der Waals surface area contributed by atoms with Gasteiger partial charge < -0.3 is 70.4 Å². The Kier molecular flexibility index (Phi) is 18.7. The molecule has 4 rings (SSSR count). The highest BCUT2D eigenvalue weighted by Crippen LogP contribution is 2.34. The van der Waals surface area contributed by atoms with Gasteiger partial charge in [-0.1, -0.05) is 71.6 Å². The maximum Gasteiger partial charge on any atom is 0.330 e. The first kappa shape index (κ1) is 47.8. The van der Waals surface area contributed by atoms with E-state index in [1.54, 1.807) is 0 Å². The number of carbonyl (C=O) groups excluding carboxylic acids is 2. The summed E-state index contributed by atoms with van der Waals surface area (Å²) in [7, 11) is 0. The van der Waals surface area contributed by atoms with E-state index in [1.807, 2.05) is 4.98 Å². The molecule has 1 aromatic heterocycles. The van der Waals surface area contributed by atoms with Gasteiger partial charge in [0.05, 0.1) is 18.8 Å². The van der Waals surface area contributed by atoms with Crippen molar-refractivity contribution in [2.45, 2.75) is 190 Å². The molecule has 20 heteroatoms. The van der Waals surface area contributed by atoms with Crippen LogP contribution in [-0.2, 0) is 28.5 Å². The Morgan fingerprint density at radius 3 is 1.90 bits per heavy atom. The van der Waals surface area contributed by atoms with Crippen molar-refractivity contribution in [2.75, 3.05) is 6.61 Å². The lowest BCUT2D eigenvalue weighted by Crippen LogP contribution is -2.69. The largest absolute Gasteiger partial charge is 0.394 e. The Morgan fingerprint density at radius 1 is 0.776 bits per heavy atom. The van der Waals surface area contributed by atoms with E-state index in [0.717, 1.165) is 55.9 Å². The molecule has 0 saturated carbocycles. The molecule has 3 fully saturated rings. The standard InChI is InChI=1S/C38H64N4O16/c1-19(2)13-11-9-7-5-4-6-8-10-12-14-24(46)40-27-31(51)28(48)22(55-37(27)58-36-26(39-20(3)44)30(50)29(49)23(18-43)56-36)17-21(45)34-32(52)33(53)35(57-34)42-16-15-25(47)41-38(42)54/h15-16,19,21-23,26-37,43,45,48-53H,4-14,17-18H2,1-3H3,(H,39,44)(H,40,46)(H,41,47,54)/t21?,22-,23-,26-,27-,28+,29-,30-,31-,32+,33-,34-,35-,36+,37-/m1/s1. The maximum absolute atomic E-state index is 13.2. The minimum Gasteiger partial charge on any atom is -0.394 e. The third-order valence-corrected chi connectivity index (χ3v) is 11.0. The van der Waals surface area contributed by atoms with E-state index >= 15 is 0 Å². The summed E-state index contributed by atoms with van der Waals surface area (Å²) in [4.78, 5) is 51.2. The van der Waals surface area contributed by atoms with Crippen molar-refractivity contribution in [3.8, 4) is 0 Å². The van der Waals surface area contributed by atoms with Crippen LogP contribution in [0.25, 0.3) is 0 Å². The van der Waals surface area contributed by atoms with Crippen LogP contribution < -0.4 is 21.9 Å². The Balaban J connectivity index is 1.44. The molecular formula is C38H64N4O16. The summed E-state index contributed by atoms with van der Waals surface area (Å²) in [5.41, 5.74) is -1.68. The van der Waals surface area contributed by atoms with Gasteiger partial charge in [0.2, 0.25) is 11.8 Å². The van der Waals surface area contributed by atoms with E-state index < -0.39 is 128 Å². The number of H-pyrrole nitrogens is 1. The monoisotopic (exact) mass is 832 g/mol. The van der Waals surface area contributed by atoms with Gasteiger partial charge in [0.15, 0.2) is 18.8 Å². The number of aromatic amines is 1. The number of aromatic nitrogens is 2. The molecule has 0 aliphatic carbocycles. The summed E-state index contributed by atoms with van der Waals surface area (Å²) < 4.78 is 24.2. The molecule has 20 nitrogen and oxygen atoms in total. The molecule has 0 radical (unpaired) electrons. The summed E-state index contributed by atoms with van der Waals surface area (Å²) in [5, 5.41) is 91.5. The predicted molar refractivity (Wildman–Crippen MR) is 203 cm³/mol. The van der Waals surface area contributed by atoms with Gasteiger partial charge in [-0.15, -0.1) is 0 Å². The Hall–Kier alpha value is -2.86. The second kappa shape index (κ2) is 22.7. The number of unbranched alkanes of at least 4 members (excludes halogenated alkanes) is 8. The van der Waals surface area contributed by atoms with Gasteiger partial charge in [0.25, 0.3) is 5.56 Å². The van der Waals surface area contributed by atoms with Gasteiger partial charge in [-0.3, -0.25) is 23.9 Å². The molecule has 0 bridgehead atoms. The minimum absolute atomic E-state index is 0.0636. The fourth-order valence-electron chi connectivity index (χ4n) is 7.68. The van der Waals surface area contributed by atoms with Crippen LogP contribution in [0.4, 0.5) is 0 Å². The smallest absolute Gasteiger partial charge is 0.330 e. The number of amides is 2. The summed E-state index contributed by atoms with van der Waals surface area (Å²) in [6.45, 7) is 4.81. The third kappa shape index (κ3) is 12.8. The van der Waals surface area contributed by atoms with Gasteiger partial charge in [0.1, 0.15) is 60.9 Å². The van der Waals surface area contributed by atoms with Crippen LogP contribution in [0.3, 0.4) is 0 Å². The fraction of sp³-hybridized carbons (Fsp3) is 0.842. The van der Waals surface area contributed by atoms with E-state index in [-0.39, 0.29) is 6.42 Å². The van der Waals surface area contributed by atoms with Crippen molar-refractivity contribution < 1.29 is 69.4 Å². The van der Waals surface area contributed by atoms with Gasteiger partial charge in [-0.25, -0.2) is 4.79 Å². The predicted octanol–water partition coefficient (Wildman–Crippen LogP) is -2.25. The number of rotatable bonds is 21. The SMILES string of the molecule is CC(=O)N[C@H]1[C@H](O[C@H]2O[C@H](CC(O)[C@H]3O[C@@H](n4ccc(=O)[nH]c4=O)[C@H](O)[C@@H]3O)[C@H](O)[C@H](O)[C@H]2NC(=O)CCCCCCCCCCCC(C)C)O[C@H](CO)[C@@H](O)[C@@H]1O. The van der Waals surface area contributed by atoms with Crippen molar-refractivity contribution in [3.05, 3.63) is 33.1 Å². The molecule has 58 heavy (non-hydrogen) atoms. The first-order chi connectivity index (χ1) is 27.5. The van der Waals surface area contributed by atoms with Crippen LogP contribution in [0.1, 0.15) is 104 Å². The van der Waals surface area contributed by atoms with Crippen molar-refractivity contribution in [1.82, 2.24) is 20.2 Å². The number of ether oxygens (including phenoxy) is 4. The Morgan fingerprint density at radius 2 is 1.33 bits per heavy atom. The van der Waals surface area contributed by atoms with Gasteiger partial charge in [0, 0.05) is 32.0 Å². The van der Waals surface area contributed by atoms with Crippen LogP contribution in [0.5, 0.6) is 0 Å². The summed E-state index contributed by atoms with van der Waals surface area (Å²) in [6, 6.07) is -1.94. The van der Waals surface area contributed by atoms with Gasteiger partial charge >= 0.3 is 5.69 Å². The molecule has 0 spiro atoms. The normalized spacial score (nSPS) is 34.6. The summed E-state index contributed by atoms with van der Waals surface area (Å²) in [6.07, 6.45) is -10.6. The van der Waals surface area contributed by atoms with Gasteiger partial charge in [-0.2, -0.15) is 0 Å². The molecule has 2 amide bonds. The van der Waals surface area contributed by atoms with E-state index in [0.29, 0.717) is 12.3 Å². The molecule has 3 aliphatic rings. The van der Waals surface area contributed by atoms with E-state index in [2.05, 4.69) is 24.5 Å². The van der Waals surface area contributed by atoms with Crippen LogP contribution in [0.2, 0.25) is 0 Å². The maximum atomic E-state index is 13.2. The lowest BCUT2D eigenvalue weighted by molar-refractivity contribution is -0.347. The summed E-state index contributed by atoms with van der Waals surface area (Å²) in [5.74, 6) is -0.444. The molecule has 15 atom stereocenters. The van der Waals surface area contributed by atoms with E-state index in [4.69, 9.17) is 18.9 Å². The molecule has 0 aromatic carbocycles. The van der Waals surface area contributed by atoms with Gasteiger partial charge in [-0.05, 0) is 12.3 Å². The second-order valence-corrected chi connectivity index (χ2v) is 16.1. The van der Waals surface area contributed by atoms with Crippen molar-refractivity contribution >= 4 is 11.8 Å². The van der Waals surface area contributed by atoms with Crippen molar-refractivity contribution in [2.24, 2.45) is 5.92 Å². The average Bonchev–Trinajstić information content (AvgIpc) is 3.46. The zero-order valence-electron chi connectivity index (χ0n) is 33.4. The van der Waals surface area contributed by atoms with Crippen molar-refractivity contribution in [3.63, 3.8) is 0 Å². The molecule has 4 heterocycles. The van der Waals surface area contributed by atoms with Crippen LogP contribution in [0.15, 0.2) is 21.9 Å². The minimum atomic E-state index is -1.82. The molecule has 1 unspecified atom stereocenters. The number of nitrogens with one attached hydrogen (secondary N) is 3. The zero-order chi connectivity index (χ0) is 42.7. The number of aliphatic hydroxyl groups is 8. The molecular weight excluding hydrogens is 768 g/mol. The fourth-order valence-corrected chi connectivity index (χ4v) is 7.68. The van der Waals surface area contributed by atoms with E-state index in [9.17, 15) is 60.0 Å². The molecule has 11 N–H and O–H groups in total. The second-order valence-electron chi connectivity index (χ2n) is 16.1. The third-order valence-electron chi connectivity index (χ3n) is 11.0. The number of aliphatic hydroxyl groups excluding tert-OH is 8. The zero-order valence-corrected chi connectivity index (χ0v) is 33.4. The first-order valence-corrected chi connectivity index (χ1v) is 20.4. The topological polar surface area (TPSA) is 312 Å². The summed E-state index contributed by atoms with van der Waals surface area (Å²) >= 11 is 0.